The molecule has 4 nitrogen and oxygen atoms in total. The van der Waals surface area contributed by atoms with E-state index in [-0.39, 0.29) is 12.1 Å². The van der Waals surface area contributed by atoms with Gasteiger partial charge >= 0.3 is 12.1 Å². The van der Waals surface area contributed by atoms with E-state index in [2.05, 4.69) is 0 Å². The smallest absolute Gasteiger partial charge is 0.416 e. The van der Waals surface area contributed by atoms with Crippen LogP contribution in [-0.4, -0.2) is 40.6 Å². The van der Waals surface area contributed by atoms with Gasteiger partial charge in [-0.15, -0.1) is 0 Å². The van der Waals surface area contributed by atoms with Crippen molar-refractivity contribution >= 4 is 11.9 Å². The molecule has 0 spiro atoms. The second-order valence-electron chi connectivity index (χ2n) is 5.26. The zero-order chi connectivity index (χ0) is 17.4. The molecule has 0 bridgehead atoms. The largest absolute Gasteiger partial charge is 0.479 e. The maximum Gasteiger partial charge on any atom is 0.416 e. The van der Waals surface area contributed by atoms with Gasteiger partial charge in [0.2, 0.25) is 11.8 Å². The van der Waals surface area contributed by atoms with Crippen molar-refractivity contribution in [2.75, 3.05) is 13.1 Å². The van der Waals surface area contributed by atoms with Crippen LogP contribution in [-0.2, 0) is 15.8 Å². The van der Waals surface area contributed by atoms with Crippen molar-refractivity contribution in [2.45, 2.75) is 24.4 Å². The predicted molar refractivity (Wildman–Crippen MR) is 68.0 cm³/mol. The lowest BCUT2D eigenvalue weighted by atomic mass is 10.1. The van der Waals surface area contributed by atoms with Gasteiger partial charge in [-0.2, -0.15) is 13.2 Å². The van der Waals surface area contributed by atoms with Crippen LogP contribution in [0, 0.1) is 0 Å². The molecular formula is C14H12F5NO3. The summed E-state index contributed by atoms with van der Waals surface area (Å²) in [6.45, 7) is -1.06. The van der Waals surface area contributed by atoms with Crippen LogP contribution in [0.15, 0.2) is 24.3 Å². The highest BCUT2D eigenvalue weighted by Crippen LogP contribution is 2.32. The Hall–Kier alpha value is -2.19. The molecule has 0 aliphatic carbocycles. The van der Waals surface area contributed by atoms with Gasteiger partial charge in [0.1, 0.15) is 0 Å². The number of carboxylic acids is 1. The number of alkyl halides is 5. The van der Waals surface area contributed by atoms with Gasteiger partial charge in [0.05, 0.1) is 12.1 Å². The highest BCUT2D eigenvalue weighted by atomic mass is 19.4. The molecule has 0 radical (unpaired) electrons. The fourth-order valence-electron chi connectivity index (χ4n) is 2.28. The summed E-state index contributed by atoms with van der Waals surface area (Å²) in [5, 5.41) is 8.72. The van der Waals surface area contributed by atoms with E-state index in [9.17, 15) is 31.5 Å². The third kappa shape index (κ3) is 3.43. The van der Waals surface area contributed by atoms with Crippen molar-refractivity contribution in [3.8, 4) is 0 Å². The van der Waals surface area contributed by atoms with Crippen LogP contribution in [0.3, 0.4) is 0 Å². The number of amides is 1. The van der Waals surface area contributed by atoms with Crippen molar-refractivity contribution in [1.82, 2.24) is 4.90 Å². The predicted octanol–water partition coefficient (Wildman–Crippen LogP) is 2.74. The summed E-state index contributed by atoms with van der Waals surface area (Å²) < 4.78 is 65.2. The third-order valence-electron chi connectivity index (χ3n) is 3.66. The molecule has 126 valence electrons. The van der Waals surface area contributed by atoms with Crippen LogP contribution in [0.1, 0.15) is 23.7 Å². The SMILES string of the molecule is O=C(C(F)c1ccc(C(F)(F)F)cc1)N1CCC(F)(C(=O)O)C1. The number of aliphatic carboxylic acids is 1. The first kappa shape index (κ1) is 17.2. The maximum atomic E-state index is 14.1. The number of hydrogen-bond acceptors (Lipinski definition) is 2. The lowest BCUT2D eigenvalue weighted by molar-refractivity contribution is -0.150. The van der Waals surface area contributed by atoms with E-state index >= 15 is 0 Å². The van der Waals surface area contributed by atoms with Crippen molar-refractivity contribution in [3.63, 3.8) is 0 Å². The minimum atomic E-state index is -4.58. The fraction of sp³-hybridized carbons (Fsp3) is 0.429. The molecular weight excluding hydrogens is 325 g/mol. The molecule has 1 aliphatic heterocycles. The molecule has 2 rings (SSSR count). The number of rotatable bonds is 3. The molecule has 1 amide bonds. The molecule has 9 heteroatoms. The molecule has 2 unspecified atom stereocenters. The van der Waals surface area contributed by atoms with Gasteiger partial charge in [0.15, 0.2) is 0 Å². The molecule has 1 fully saturated rings. The summed E-state index contributed by atoms with van der Waals surface area (Å²) in [5.74, 6) is -2.91. The Morgan fingerprint density at radius 1 is 1.22 bits per heavy atom. The zero-order valence-corrected chi connectivity index (χ0v) is 11.6. The van der Waals surface area contributed by atoms with Crippen molar-refractivity contribution in [3.05, 3.63) is 35.4 Å². The molecule has 1 saturated heterocycles. The number of benzene rings is 1. The minimum Gasteiger partial charge on any atom is -0.479 e. The Kier molecular flexibility index (Phi) is 4.32. The molecule has 2 atom stereocenters. The minimum absolute atomic E-state index is 0.275. The van der Waals surface area contributed by atoms with Gasteiger partial charge in [-0.1, -0.05) is 12.1 Å². The highest BCUT2D eigenvalue weighted by molar-refractivity contribution is 5.85. The van der Waals surface area contributed by atoms with Crippen LogP contribution < -0.4 is 0 Å². The van der Waals surface area contributed by atoms with Crippen LogP contribution >= 0.6 is 0 Å². The second kappa shape index (κ2) is 5.78. The Morgan fingerprint density at radius 3 is 2.22 bits per heavy atom. The number of carbonyl (C=O) groups excluding carboxylic acids is 1. The van der Waals surface area contributed by atoms with Gasteiger partial charge in [-0.25, -0.2) is 13.6 Å². The Labute approximate surface area is 127 Å². The van der Waals surface area contributed by atoms with Gasteiger partial charge in [0.25, 0.3) is 5.91 Å². The summed E-state index contributed by atoms with van der Waals surface area (Å²) in [5.41, 5.74) is -3.93. The van der Waals surface area contributed by atoms with E-state index < -0.39 is 48.4 Å². The van der Waals surface area contributed by atoms with E-state index in [1.54, 1.807) is 0 Å². The van der Waals surface area contributed by atoms with E-state index in [1.165, 1.54) is 0 Å². The molecule has 1 aromatic carbocycles. The Balaban J connectivity index is 2.10. The highest BCUT2D eigenvalue weighted by Gasteiger charge is 2.48. The average Bonchev–Trinajstić information content (AvgIpc) is 2.89. The number of halogens is 5. The molecule has 1 heterocycles. The number of carboxylic acid groups (broad SMARTS) is 1. The first-order chi connectivity index (χ1) is 10.5. The van der Waals surface area contributed by atoms with Gasteiger partial charge in [-0.05, 0) is 17.7 Å². The van der Waals surface area contributed by atoms with E-state index in [4.69, 9.17) is 5.11 Å². The Morgan fingerprint density at radius 2 is 1.78 bits per heavy atom. The third-order valence-corrected chi connectivity index (χ3v) is 3.66. The molecule has 0 aromatic heterocycles. The van der Waals surface area contributed by atoms with Gasteiger partial charge < -0.3 is 10.0 Å². The monoisotopic (exact) mass is 337 g/mol. The number of likely N-dealkylation sites (tertiary alicyclic amines) is 1. The van der Waals surface area contributed by atoms with Crippen LogP contribution in [0.4, 0.5) is 22.0 Å². The van der Waals surface area contributed by atoms with Crippen LogP contribution in [0.5, 0.6) is 0 Å². The van der Waals surface area contributed by atoms with E-state index in [0.717, 1.165) is 17.0 Å². The number of nitrogens with zero attached hydrogens (tertiary/aromatic N) is 1. The van der Waals surface area contributed by atoms with E-state index in [0.29, 0.717) is 12.1 Å². The van der Waals surface area contributed by atoms with Crippen LogP contribution in [0.25, 0.3) is 0 Å². The molecule has 1 aromatic rings. The van der Waals surface area contributed by atoms with Crippen molar-refractivity contribution in [1.29, 1.82) is 0 Å². The Bertz CT molecular complexity index is 616. The van der Waals surface area contributed by atoms with Gasteiger partial charge in [-0.3, -0.25) is 4.79 Å². The van der Waals surface area contributed by atoms with E-state index in [1.807, 2.05) is 0 Å². The second-order valence-corrected chi connectivity index (χ2v) is 5.26. The summed E-state index contributed by atoms with van der Waals surface area (Å²) in [6.07, 6.45) is -7.33. The quantitative estimate of drug-likeness (QED) is 0.863. The van der Waals surface area contributed by atoms with Gasteiger partial charge in [0, 0.05) is 13.0 Å². The van der Waals surface area contributed by atoms with Crippen molar-refractivity contribution < 1.29 is 36.6 Å². The average molecular weight is 337 g/mol. The molecule has 1 aliphatic rings. The molecule has 0 saturated carbocycles. The van der Waals surface area contributed by atoms with Crippen molar-refractivity contribution in [2.24, 2.45) is 0 Å². The first-order valence-corrected chi connectivity index (χ1v) is 6.57. The maximum absolute atomic E-state index is 14.1. The molecule has 1 N–H and O–H groups in total. The summed E-state index contributed by atoms with van der Waals surface area (Å²) in [4.78, 5) is 23.4. The molecule has 23 heavy (non-hydrogen) atoms. The first-order valence-electron chi connectivity index (χ1n) is 6.57. The normalized spacial score (nSPS) is 22.9. The number of carbonyl (C=O) groups is 2. The summed E-state index contributed by atoms with van der Waals surface area (Å²) >= 11 is 0. The fourth-order valence-corrected chi connectivity index (χ4v) is 2.28. The topological polar surface area (TPSA) is 57.6 Å². The lowest BCUT2D eigenvalue weighted by Crippen LogP contribution is -2.39. The number of hydrogen-bond donors (Lipinski definition) is 1. The standard InChI is InChI=1S/C14H12F5NO3/c15-10(8-1-3-9(4-2-8)14(17,18)19)11(21)20-6-5-13(16,7-20)12(22)23/h1-4,10H,5-7H2,(H,22,23). The van der Waals surface area contributed by atoms with Crippen LogP contribution in [0.2, 0.25) is 0 Å². The summed E-state index contributed by atoms with van der Waals surface area (Å²) in [7, 11) is 0. The lowest BCUT2D eigenvalue weighted by Gasteiger charge is -2.20. The zero-order valence-electron chi connectivity index (χ0n) is 11.6. The summed E-state index contributed by atoms with van der Waals surface area (Å²) in [6, 6.07) is 2.91.